The second-order valence-electron chi connectivity index (χ2n) is 5.24. The fourth-order valence-corrected chi connectivity index (χ4v) is 2.68. The first kappa shape index (κ1) is 15.7. The van der Waals surface area contributed by atoms with Crippen LogP contribution in [0.2, 0.25) is 0 Å². The van der Waals surface area contributed by atoms with E-state index in [1.807, 2.05) is 6.92 Å². The van der Waals surface area contributed by atoms with Crippen LogP contribution in [0, 0.1) is 32.4 Å². The van der Waals surface area contributed by atoms with Gasteiger partial charge in [-0.15, -0.1) is 0 Å². The molecule has 0 aliphatic carbocycles. The van der Waals surface area contributed by atoms with E-state index in [2.05, 4.69) is 0 Å². The molecule has 21 heavy (non-hydrogen) atoms. The molecule has 0 radical (unpaired) electrons. The summed E-state index contributed by atoms with van der Waals surface area (Å²) in [5.41, 5.74) is 7.51. The van der Waals surface area contributed by atoms with Crippen molar-refractivity contribution >= 4 is 0 Å². The lowest BCUT2D eigenvalue weighted by Gasteiger charge is -2.22. The Morgan fingerprint density at radius 2 is 1.67 bits per heavy atom. The number of rotatable bonds is 4. The Hall–Kier alpha value is -1.72. The highest BCUT2D eigenvalue weighted by molar-refractivity contribution is 5.36. The molecule has 0 fully saturated rings. The van der Waals surface area contributed by atoms with E-state index >= 15 is 0 Å². The predicted octanol–water partition coefficient (Wildman–Crippen LogP) is 3.26. The summed E-state index contributed by atoms with van der Waals surface area (Å²) in [4.78, 5) is 0. The highest BCUT2D eigenvalue weighted by Gasteiger charge is 2.28. The minimum Gasteiger partial charge on any atom is -0.466 e. The molecule has 0 amide bonds. The van der Waals surface area contributed by atoms with Crippen LogP contribution in [-0.4, -0.2) is 11.7 Å². The average molecular weight is 295 g/mol. The molecule has 2 atom stereocenters. The molecule has 0 spiro atoms. The van der Waals surface area contributed by atoms with Crippen LogP contribution >= 0.6 is 0 Å². The molecule has 3 N–H and O–H groups in total. The first-order valence-electron chi connectivity index (χ1n) is 6.75. The fourth-order valence-electron chi connectivity index (χ4n) is 2.68. The second kappa shape index (κ2) is 5.95. The molecule has 0 aliphatic rings. The van der Waals surface area contributed by atoms with E-state index in [0.717, 1.165) is 11.6 Å². The summed E-state index contributed by atoms with van der Waals surface area (Å²) < 4.78 is 32.2. The molecule has 2 unspecified atom stereocenters. The normalized spacial score (nSPS) is 14.2. The Balaban J connectivity index is 2.45. The summed E-state index contributed by atoms with van der Waals surface area (Å²) in [6.07, 6.45) is -0.978. The Bertz CT molecular complexity index is 632. The molecule has 114 valence electrons. The Labute approximate surface area is 122 Å². The zero-order chi connectivity index (χ0) is 15.7. The minimum absolute atomic E-state index is 0.0627. The van der Waals surface area contributed by atoms with Crippen molar-refractivity contribution in [3.63, 3.8) is 0 Å². The molecule has 2 rings (SSSR count). The van der Waals surface area contributed by atoms with Crippen molar-refractivity contribution in [2.75, 3.05) is 6.54 Å². The Morgan fingerprint density at radius 1 is 1.10 bits per heavy atom. The van der Waals surface area contributed by atoms with Crippen LogP contribution in [0.15, 0.2) is 22.6 Å². The summed E-state index contributed by atoms with van der Waals surface area (Å²) >= 11 is 0. The van der Waals surface area contributed by atoms with Crippen LogP contribution in [-0.2, 0) is 0 Å². The van der Waals surface area contributed by atoms with Gasteiger partial charge in [0.25, 0.3) is 0 Å². The van der Waals surface area contributed by atoms with Gasteiger partial charge >= 0.3 is 0 Å². The molecular formula is C16H19F2NO2. The molecular weight excluding hydrogens is 276 g/mol. The number of hydrogen-bond acceptors (Lipinski definition) is 3. The lowest BCUT2D eigenvalue weighted by Crippen LogP contribution is -2.21. The maximum absolute atomic E-state index is 13.4. The highest BCUT2D eigenvalue weighted by Crippen LogP contribution is 2.36. The maximum Gasteiger partial charge on any atom is 0.126 e. The largest absolute Gasteiger partial charge is 0.466 e. The standard InChI is InChI=1S/C16H19F2NO2/c1-8-9(2)21-10(3)15(8)16(20)14(7-19)11-4-12(17)6-13(18)5-11/h4-6,14,16,20H,7,19H2,1-3H3. The van der Waals surface area contributed by atoms with E-state index in [0.29, 0.717) is 22.6 Å². The molecule has 0 bridgehead atoms. The highest BCUT2D eigenvalue weighted by atomic mass is 19.1. The van der Waals surface area contributed by atoms with Gasteiger partial charge in [-0.25, -0.2) is 8.78 Å². The van der Waals surface area contributed by atoms with Gasteiger partial charge in [-0.1, -0.05) is 0 Å². The van der Waals surface area contributed by atoms with Crippen molar-refractivity contribution in [1.29, 1.82) is 0 Å². The van der Waals surface area contributed by atoms with E-state index in [4.69, 9.17) is 10.2 Å². The van der Waals surface area contributed by atoms with Crippen molar-refractivity contribution in [2.45, 2.75) is 32.8 Å². The molecule has 2 aromatic rings. The van der Waals surface area contributed by atoms with Crippen molar-refractivity contribution in [3.05, 3.63) is 58.0 Å². The molecule has 1 aromatic carbocycles. The van der Waals surface area contributed by atoms with Crippen molar-refractivity contribution in [1.82, 2.24) is 0 Å². The number of nitrogens with two attached hydrogens (primary N) is 1. The monoisotopic (exact) mass is 295 g/mol. The smallest absolute Gasteiger partial charge is 0.126 e. The summed E-state index contributed by atoms with van der Waals surface area (Å²) in [5, 5.41) is 10.6. The van der Waals surface area contributed by atoms with Gasteiger partial charge in [0, 0.05) is 24.1 Å². The van der Waals surface area contributed by atoms with Gasteiger partial charge in [-0.05, 0) is 44.0 Å². The first-order valence-corrected chi connectivity index (χ1v) is 6.75. The molecule has 0 saturated heterocycles. The van der Waals surface area contributed by atoms with Crippen LogP contribution in [0.25, 0.3) is 0 Å². The summed E-state index contributed by atoms with van der Waals surface area (Å²) in [6.45, 7) is 5.45. The van der Waals surface area contributed by atoms with Crippen LogP contribution in [0.1, 0.15) is 40.2 Å². The van der Waals surface area contributed by atoms with Gasteiger partial charge in [0.05, 0.1) is 6.10 Å². The molecule has 1 heterocycles. The molecule has 0 saturated carbocycles. The van der Waals surface area contributed by atoms with Gasteiger partial charge in [-0.3, -0.25) is 0 Å². The number of halogens is 2. The Morgan fingerprint density at radius 3 is 2.10 bits per heavy atom. The molecule has 1 aromatic heterocycles. The Kier molecular flexibility index (Phi) is 4.44. The SMILES string of the molecule is Cc1oc(C)c(C(O)C(CN)c2cc(F)cc(F)c2)c1C. The summed E-state index contributed by atoms with van der Waals surface area (Å²) in [6, 6.07) is 3.19. The average Bonchev–Trinajstić information content (AvgIpc) is 2.62. The zero-order valence-electron chi connectivity index (χ0n) is 12.3. The molecule has 3 nitrogen and oxygen atoms in total. The summed E-state index contributed by atoms with van der Waals surface area (Å²) in [5.74, 6) is -0.680. The molecule has 0 aliphatic heterocycles. The minimum atomic E-state index is -0.978. The van der Waals surface area contributed by atoms with Crippen LogP contribution in [0.3, 0.4) is 0 Å². The second-order valence-corrected chi connectivity index (χ2v) is 5.24. The fraction of sp³-hybridized carbons (Fsp3) is 0.375. The predicted molar refractivity (Wildman–Crippen MR) is 76.0 cm³/mol. The third kappa shape index (κ3) is 2.99. The topological polar surface area (TPSA) is 59.4 Å². The van der Waals surface area contributed by atoms with E-state index < -0.39 is 23.7 Å². The van der Waals surface area contributed by atoms with Crippen LogP contribution in [0.4, 0.5) is 8.78 Å². The van der Waals surface area contributed by atoms with Gasteiger partial charge < -0.3 is 15.3 Å². The number of aryl methyl sites for hydroxylation is 2. The van der Waals surface area contributed by atoms with Crippen molar-refractivity contribution in [3.8, 4) is 0 Å². The number of hydrogen-bond donors (Lipinski definition) is 2. The van der Waals surface area contributed by atoms with Gasteiger partial charge in [-0.2, -0.15) is 0 Å². The molecule has 5 heteroatoms. The zero-order valence-corrected chi connectivity index (χ0v) is 12.3. The van der Waals surface area contributed by atoms with Gasteiger partial charge in [0.2, 0.25) is 0 Å². The van der Waals surface area contributed by atoms with E-state index in [1.165, 1.54) is 12.1 Å². The van der Waals surface area contributed by atoms with Crippen LogP contribution in [0.5, 0.6) is 0 Å². The number of furan rings is 1. The van der Waals surface area contributed by atoms with Gasteiger partial charge in [0.1, 0.15) is 23.2 Å². The quantitative estimate of drug-likeness (QED) is 0.910. The van der Waals surface area contributed by atoms with E-state index in [9.17, 15) is 13.9 Å². The lowest BCUT2D eigenvalue weighted by molar-refractivity contribution is 0.145. The third-order valence-electron chi connectivity index (χ3n) is 3.86. The third-order valence-corrected chi connectivity index (χ3v) is 3.86. The van der Waals surface area contributed by atoms with Crippen LogP contribution < -0.4 is 5.73 Å². The van der Waals surface area contributed by atoms with E-state index in [1.54, 1.807) is 13.8 Å². The number of aliphatic hydroxyl groups is 1. The lowest BCUT2D eigenvalue weighted by atomic mass is 9.87. The van der Waals surface area contributed by atoms with Gasteiger partial charge in [0.15, 0.2) is 0 Å². The van der Waals surface area contributed by atoms with Crippen molar-refractivity contribution < 1.29 is 18.3 Å². The maximum atomic E-state index is 13.4. The number of aliphatic hydroxyl groups excluding tert-OH is 1. The summed E-state index contributed by atoms with van der Waals surface area (Å²) in [7, 11) is 0. The number of benzene rings is 1. The first-order chi connectivity index (χ1) is 9.85. The van der Waals surface area contributed by atoms with Crippen molar-refractivity contribution in [2.24, 2.45) is 5.73 Å². The van der Waals surface area contributed by atoms with E-state index in [-0.39, 0.29) is 6.54 Å².